The number of hydrogen-bond acceptors (Lipinski definition) is 6. The molecule has 0 bridgehead atoms. The molecule has 2 aromatic carbocycles. The van der Waals surface area contributed by atoms with E-state index < -0.39 is 0 Å². The highest BCUT2D eigenvalue weighted by atomic mass is 16.7. The van der Waals surface area contributed by atoms with Crippen molar-refractivity contribution in [1.82, 2.24) is 5.48 Å². The molecule has 0 amide bonds. The Hall–Kier alpha value is -2.57. The van der Waals surface area contributed by atoms with Gasteiger partial charge in [-0.15, -0.1) is 5.48 Å². The Kier molecular flexibility index (Phi) is 5.53. The second kappa shape index (κ2) is 8.00. The molecule has 0 radical (unpaired) electrons. The zero-order valence-electron chi connectivity index (χ0n) is 14.4. The Labute approximate surface area is 147 Å². The summed E-state index contributed by atoms with van der Waals surface area (Å²) < 4.78 is 11.2. The van der Waals surface area contributed by atoms with Crippen molar-refractivity contribution in [3.05, 3.63) is 59.2 Å². The lowest BCUT2D eigenvalue weighted by Crippen LogP contribution is -2.15. The van der Waals surface area contributed by atoms with Gasteiger partial charge in [-0.1, -0.05) is 18.2 Å². The second-order valence-corrected chi connectivity index (χ2v) is 5.49. The van der Waals surface area contributed by atoms with Crippen LogP contribution in [0.3, 0.4) is 0 Å². The highest BCUT2D eigenvalue weighted by Crippen LogP contribution is 2.30. The van der Waals surface area contributed by atoms with Gasteiger partial charge in [-0.3, -0.25) is 0 Å². The Balaban J connectivity index is 1.85. The maximum absolute atomic E-state index is 9.27. The molecule has 0 aliphatic carbocycles. The van der Waals surface area contributed by atoms with Gasteiger partial charge in [0.1, 0.15) is 0 Å². The number of nitrogens with zero attached hydrogens (tertiary/aromatic N) is 1. The first-order valence-corrected chi connectivity index (χ1v) is 8.35. The van der Waals surface area contributed by atoms with Gasteiger partial charge < -0.3 is 19.4 Å². The van der Waals surface area contributed by atoms with Gasteiger partial charge in [0.05, 0.1) is 19.8 Å². The van der Waals surface area contributed by atoms with Gasteiger partial charge in [0, 0.05) is 5.56 Å². The zero-order valence-corrected chi connectivity index (χ0v) is 14.4. The van der Waals surface area contributed by atoms with Crippen molar-refractivity contribution in [3.8, 4) is 11.5 Å². The first-order chi connectivity index (χ1) is 12.2. The average Bonchev–Trinajstić information content (AvgIpc) is 3.14. The summed E-state index contributed by atoms with van der Waals surface area (Å²) in [6, 6.07) is 13.2. The lowest BCUT2D eigenvalue weighted by Gasteiger charge is -2.11. The number of hydrogen-bond donors (Lipinski definition) is 2. The summed E-state index contributed by atoms with van der Waals surface area (Å²) in [7, 11) is 0. The maximum Gasteiger partial charge on any atom is 0.242 e. The average molecular weight is 342 g/mol. The van der Waals surface area contributed by atoms with Crippen molar-refractivity contribution in [2.75, 3.05) is 13.2 Å². The van der Waals surface area contributed by atoms with Gasteiger partial charge in [0.25, 0.3) is 0 Å². The molecule has 132 valence electrons. The molecule has 0 aromatic heterocycles. The molecule has 6 heteroatoms. The minimum absolute atomic E-state index is 0.00536. The Morgan fingerprint density at radius 3 is 2.64 bits per heavy atom. The van der Waals surface area contributed by atoms with Gasteiger partial charge in [-0.25, -0.2) is 4.99 Å². The largest absolute Gasteiger partial charge is 0.490 e. The van der Waals surface area contributed by atoms with Crippen LogP contribution in [0.2, 0.25) is 0 Å². The van der Waals surface area contributed by atoms with Crippen molar-refractivity contribution in [1.29, 1.82) is 0 Å². The SMILES string of the molecule is CCOc1ccc(C2=NC(c3cccc(CO)c3)NO2)cc1OCC. The fourth-order valence-electron chi connectivity index (χ4n) is 2.60. The number of benzene rings is 2. The normalized spacial score (nSPS) is 16.3. The summed E-state index contributed by atoms with van der Waals surface area (Å²) in [5.74, 6) is 1.86. The molecule has 1 atom stereocenters. The molecule has 25 heavy (non-hydrogen) atoms. The number of ether oxygens (including phenoxy) is 2. The number of aliphatic hydroxyl groups is 1. The van der Waals surface area contributed by atoms with Gasteiger partial charge in [0.15, 0.2) is 17.7 Å². The van der Waals surface area contributed by atoms with Crippen LogP contribution in [0.25, 0.3) is 0 Å². The van der Waals surface area contributed by atoms with Crippen molar-refractivity contribution in [3.63, 3.8) is 0 Å². The molecule has 0 saturated carbocycles. The van der Waals surface area contributed by atoms with Crippen LogP contribution in [-0.2, 0) is 11.4 Å². The number of aliphatic hydroxyl groups excluding tert-OH is 1. The molecular formula is C19H22N2O4. The second-order valence-electron chi connectivity index (χ2n) is 5.49. The molecule has 1 aliphatic heterocycles. The van der Waals surface area contributed by atoms with E-state index in [1.807, 2.05) is 56.3 Å². The Bertz CT molecular complexity index is 761. The van der Waals surface area contributed by atoms with Crippen molar-refractivity contribution >= 4 is 5.90 Å². The van der Waals surface area contributed by atoms with Crippen LogP contribution in [0, 0.1) is 0 Å². The third-order valence-electron chi connectivity index (χ3n) is 3.75. The van der Waals surface area contributed by atoms with Crippen molar-refractivity contribution in [2.45, 2.75) is 26.6 Å². The first kappa shape index (κ1) is 17.3. The number of rotatable bonds is 7. The number of nitrogens with one attached hydrogen (secondary N) is 1. The van der Waals surface area contributed by atoms with E-state index in [4.69, 9.17) is 14.3 Å². The lowest BCUT2D eigenvalue weighted by molar-refractivity contribution is 0.180. The molecule has 0 saturated heterocycles. The molecule has 1 heterocycles. The minimum atomic E-state index is -0.316. The summed E-state index contributed by atoms with van der Waals surface area (Å²) in [6.45, 7) is 4.97. The first-order valence-electron chi connectivity index (χ1n) is 8.35. The van der Waals surface area contributed by atoms with Crippen LogP contribution in [0.5, 0.6) is 11.5 Å². The van der Waals surface area contributed by atoms with Crippen molar-refractivity contribution in [2.24, 2.45) is 4.99 Å². The van der Waals surface area contributed by atoms with Gasteiger partial charge in [-0.2, -0.15) is 0 Å². The molecule has 3 rings (SSSR count). The quantitative estimate of drug-likeness (QED) is 0.809. The molecule has 2 aromatic rings. The predicted molar refractivity (Wildman–Crippen MR) is 94.6 cm³/mol. The molecule has 0 spiro atoms. The molecule has 1 unspecified atom stereocenters. The van der Waals surface area contributed by atoms with Gasteiger partial charge in [0.2, 0.25) is 5.90 Å². The summed E-state index contributed by atoms with van der Waals surface area (Å²) in [5, 5.41) is 9.27. The van der Waals surface area contributed by atoms with E-state index in [-0.39, 0.29) is 12.8 Å². The zero-order chi connectivity index (χ0) is 17.6. The van der Waals surface area contributed by atoms with E-state index in [1.165, 1.54) is 0 Å². The van der Waals surface area contributed by atoms with Crippen LogP contribution < -0.4 is 15.0 Å². The third-order valence-corrected chi connectivity index (χ3v) is 3.75. The summed E-state index contributed by atoms with van der Waals surface area (Å²) >= 11 is 0. The fraction of sp³-hybridized carbons (Fsp3) is 0.316. The fourth-order valence-corrected chi connectivity index (χ4v) is 2.60. The molecule has 2 N–H and O–H groups in total. The van der Waals surface area contributed by atoms with Gasteiger partial charge in [-0.05, 0) is 49.2 Å². The van der Waals surface area contributed by atoms with Gasteiger partial charge >= 0.3 is 0 Å². The van der Waals surface area contributed by atoms with E-state index in [0.29, 0.717) is 30.6 Å². The monoisotopic (exact) mass is 342 g/mol. The lowest BCUT2D eigenvalue weighted by atomic mass is 10.1. The highest BCUT2D eigenvalue weighted by molar-refractivity contribution is 5.95. The van der Waals surface area contributed by atoms with E-state index >= 15 is 0 Å². The molecule has 0 fully saturated rings. The third kappa shape index (κ3) is 3.92. The predicted octanol–water partition coefficient (Wildman–Crippen LogP) is 2.96. The topological polar surface area (TPSA) is 72.3 Å². The van der Waals surface area contributed by atoms with E-state index in [9.17, 15) is 5.11 Å². The van der Waals surface area contributed by atoms with Crippen molar-refractivity contribution < 1.29 is 19.4 Å². The molecule has 1 aliphatic rings. The molecular weight excluding hydrogens is 320 g/mol. The van der Waals surface area contributed by atoms with E-state index in [2.05, 4.69) is 10.5 Å². The number of hydroxylamine groups is 1. The smallest absolute Gasteiger partial charge is 0.242 e. The Morgan fingerprint density at radius 1 is 1.08 bits per heavy atom. The van der Waals surface area contributed by atoms with E-state index in [1.54, 1.807) is 0 Å². The van der Waals surface area contributed by atoms with Crippen LogP contribution in [0.1, 0.15) is 36.7 Å². The summed E-state index contributed by atoms with van der Waals surface area (Å²) in [5.41, 5.74) is 5.48. The van der Waals surface area contributed by atoms with Crippen LogP contribution >= 0.6 is 0 Å². The minimum Gasteiger partial charge on any atom is -0.490 e. The summed E-state index contributed by atoms with van der Waals surface area (Å²) in [6.07, 6.45) is -0.316. The number of aliphatic imine (C=N–C) groups is 1. The highest BCUT2D eigenvalue weighted by Gasteiger charge is 2.22. The Morgan fingerprint density at radius 2 is 1.88 bits per heavy atom. The molecule has 6 nitrogen and oxygen atoms in total. The standard InChI is InChI=1S/C19H22N2O4/c1-3-23-16-9-8-15(11-17(16)24-4-2)19-20-18(21-25-19)14-7-5-6-13(10-14)12-22/h5-11,18,21-22H,3-4,12H2,1-2H3. The van der Waals surface area contributed by atoms with E-state index in [0.717, 1.165) is 16.7 Å². The van der Waals surface area contributed by atoms with Crippen LogP contribution in [0.4, 0.5) is 0 Å². The maximum atomic E-state index is 9.27. The van der Waals surface area contributed by atoms with Crippen LogP contribution in [-0.4, -0.2) is 24.2 Å². The summed E-state index contributed by atoms with van der Waals surface area (Å²) in [4.78, 5) is 10.1. The van der Waals surface area contributed by atoms with Crippen LogP contribution in [0.15, 0.2) is 47.5 Å².